The lowest BCUT2D eigenvalue weighted by atomic mass is 9.99. The Hall–Kier alpha value is -1.81. The van der Waals surface area contributed by atoms with Crippen LogP contribution < -0.4 is 0 Å². The highest BCUT2D eigenvalue weighted by atomic mass is 35.5. The highest BCUT2D eigenvalue weighted by Gasteiger charge is 2.25. The number of benzene rings is 1. The number of H-pyrrole nitrogens is 1. The van der Waals surface area contributed by atoms with E-state index in [0.717, 1.165) is 30.8 Å². The van der Waals surface area contributed by atoms with Gasteiger partial charge in [-0.1, -0.05) is 30.7 Å². The number of rotatable bonds is 2. The molecule has 21 heavy (non-hydrogen) atoms. The van der Waals surface area contributed by atoms with Gasteiger partial charge in [-0.25, -0.2) is 0 Å². The summed E-state index contributed by atoms with van der Waals surface area (Å²) in [5.41, 5.74) is 2.31. The molecule has 1 aromatic carbocycles. The van der Waals surface area contributed by atoms with E-state index in [2.05, 4.69) is 17.1 Å². The molecule has 1 fully saturated rings. The van der Waals surface area contributed by atoms with Crippen molar-refractivity contribution in [3.05, 3.63) is 41.0 Å². The van der Waals surface area contributed by atoms with Crippen molar-refractivity contribution in [1.82, 2.24) is 15.1 Å². The smallest absolute Gasteiger partial charge is 0.257 e. The zero-order valence-corrected chi connectivity index (χ0v) is 12.7. The van der Waals surface area contributed by atoms with Gasteiger partial charge in [-0.15, -0.1) is 0 Å². The summed E-state index contributed by atoms with van der Waals surface area (Å²) in [4.78, 5) is 14.6. The van der Waals surface area contributed by atoms with Gasteiger partial charge in [0.2, 0.25) is 0 Å². The molecular weight excluding hydrogens is 286 g/mol. The average molecular weight is 304 g/mol. The molecule has 0 unspecified atom stereocenters. The lowest BCUT2D eigenvalue weighted by Gasteiger charge is -2.30. The van der Waals surface area contributed by atoms with Gasteiger partial charge in [-0.05, 0) is 30.9 Å². The molecule has 1 N–H and O–H groups in total. The number of likely N-dealkylation sites (tertiary alicyclic amines) is 1. The lowest BCUT2D eigenvalue weighted by molar-refractivity contribution is 0.0684. The molecule has 2 heterocycles. The number of halogens is 1. The van der Waals surface area contributed by atoms with Crippen LogP contribution in [0.5, 0.6) is 0 Å². The Kier molecular flexibility index (Phi) is 3.97. The second-order valence-electron chi connectivity index (χ2n) is 5.66. The number of nitrogens with zero attached hydrogens (tertiary/aromatic N) is 2. The van der Waals surface area contributed by atoms with Crippen molar-refractivity contribution >= 4 is 17.5 Å². The fourth-order valence-electron chi connectivity index (χ4n) is 2.83. The molecule has 1 aliphatic rings. The summed E-state index contributed by atoms with van der Waals surface area (Å²) in [6.07, 6.45) is 3.88. The van der Waals surface area contributed by atoms with Gasteiger partial charge in [-0.3, -0.25) is 9.89 Å². The SMILES string of the molecule is C[C@H]1CCCN(C(=O)c2cn[nH]c2-c2ccc(Cl)cc2)C1. The number of carbonyl (C=O) groups is 1. The molecule has 1 atom stereocenters. The summed E-state index contributed by atoms with van der Waals surface area (Å²) in [5, 5.41) is 7.66. The number of amides is 1. The minimum atomic E-state index is 0.0558. The third kappa shape index (κ3) is 2.95. The van der Waals surface area contributed by atoms with E-state index < -0.39 is 0 Å². The summed E-state index contributed by atoms with van der Waals surface area (Å²) < 4.78 is 0. The van der Waals surface area contributed by atoms with Crippen LogP contribution in [0, 0.1) is 5.92 Å². The second kappa shape index (κ2) is 5.90. The van der Waals surface area contributed by atoms with Crippen LogP contribution in [0.15, 0.2) is 30.5 Å². The Morgan fingerprint density at radius 2 is 2.14 bits per heavy atom. The van der Waals surface area contributed by atoms with Crippen LogP contribution in [0.1, 0.15) is 30.1 Å². The van der Waals surface area contributed by atoms with Crippen LogP contribution in [0.2, 0.25) is 5.02 Å². The first-order valence-corrected chi connectivity index (χ1v) is 7.61. The van der Waals surface area contributed by atoms with Crippen LogP contribution >= 0.6 is 11.6 Å². The first kappa shape index (κ1) is 14.1. The van der Waals surface area contributed by atoms with Crippen molar-refractivity contribution in [3.63, 3.8) is 0 Å². The van der Waals surface area contributed by atoms with Crippen molar-refractivity contribution in [2.75, 3.05) is 13.1 Å². The molecule has 0 bridgehead atoms. The summed E-state index contributed by atoms with van der Waals surface area (Å²) >= 11 is 5.91. The Bertz CT molecular complexity index is 635. The maximum Gasteiger partial charge on any atom is 0.257 e. The Morgan fingerprint density at radius 1 is 1.38 bits per heavy atom. The van der Waals surface area contributed by atoms with Crippen LogP contribution in [-0.4, -0.2) is 34.1 Å². The van der Waals surface area contributed by atoms with Crippen molar-refractivity contribution in [2.24, 2.45) is 5.92 Å². The normalized spacial score (nSPS) is 18.8. The third-order valence-electron chi connectivity index (χ3n) is 3.95. The van der Waals surface area contributed by atoms with Gasteiger partial charge in [0.15, 0.2) is 0 Å². The van der Waals surface area contributed by atoms with Gasteiger partial charge < -0.3 is 4.90 Å². The van der Waals surface area contributed by atoms with Crippen LogP contribution in [-0.2, 0) is 0 Å². The molecule has 0 radical (unpaired) electrons. The van der Waals surface area contributed by atoms with Crippen molar-refractivity contribution in [1.29, 1.82) is 0 Å². The van der Waals surface area contributed by atoms with Crippen LogP contribution in [0.3, 0.4) is 0 Å². The fraction of sp³-hybridized carbons (Fsp3) is 0.375. The van der Waals surface area contributed by atoms with E-state index in [9.17, 15) is 4.79 Å². The highest BCUT2D eigenvalue weighted by molar-refractivity contribution is 6.30. The van der Waals surface area contributed by atoms with Gasteiger partial charge in [-0.2, -0.15) is 5.10 Å². The maximum absolute atomic E-state index is 12.7. The first-order chi connectivity index (χ1) is 10.1. The molecule has 3 rings (SSSR count). The minimum Gasteiger partial charge on any atom is -0.338 e. The standard InChI is InChI=1S/C16H18ClN3O/c1-11-3-2-8-20(10-11)16(21)14-9-18-19-15(14)12-4-6-13(17)7-5-12/h4-7,9,11H,2-3,8,10H2,1H3,(H,18,19)/t11-/m0/s1. The molecule has 4 nitrogen and oxygen atoms in total. The summed E-state index contributed by atoms with van der Waals surface area (Å²) in [6, 6.07) is 7.42. The number of piperidine rings is 1. The van der Waals surface area contributed by atoms with E-state index in [-0.39, 0.29) is 5.91 Å². The van der Waals surface area contributed by atoms with E-state index in [1.54, 1.807) is 6.20 Å². The Labute approximate surface area is 129 Å². The molecule has 1 saturated heterocycles. The number of hydrogen-bond donors (Lipinski definition) is 1. The number of carbonyl (C=O) groups excluding carboxylic acids is 1. The number of nitrogens with one attached hydrogen (secondary N) is 1. The molecule has 110 valence electrons. The molecule has 1 amide bonds. The van der Waals surface area contributed by atoms with Gasteiger partial charge in [0, 0.05) is 23.7 Å². The molecule has 2 aromatic rings. The van der Waals surface area contributed by atoms with Gasteiger partial charge >= 0.3 is 0 Å². The fourth-order valence-corrected chi connectivity index (χ4v) is 2.96. The third-order valence-corrected chi connectivity index (χ3v) is 4.20. The Balaban J connectivity index is 1.88. The predicted molar refractivity (Wildman–Crippen MR) is 83.3 cm³/mol. The second-order valence-corrected chi connectivity index (χ2v) is 6.10. The van der Waals surface area contributed by atoms with E-state index in [1.165, 1.54) is 6.42 Å². The molecule has 1 aliphatic heterocycles. The zero-order valence-electron chi connectivity index (χ0n) is 12.0. The molecule has 0 saturated carbocycles. The predicted octanol–water partition coefficient (Wildman–Crippen LogP) is 3.60. The van der Waals surface area contributed by atoms with Gasteiger partial charge in [0.05, 0.1) is 17.5 Å². The van der Waals surface area contributed by atoms with Crippen LogP contribution in [0.25, 0.3) is 11.3 Å². The quantitative estimate of drug-likeness (QED) is 0.921. The number of aromatic amines is 1. The number of hydrogen-bond acceptors (Lipinski definition) is 2. The van der Waals surface area contributed by atoms with Gasteiger partial charge in [0.25, 0.3) is 5.91 Å². The molecule has 0 spiro atoms. The largest absolute Gasteiger partial charge is 0.338 e. The van der Waals surface area contributed by atoms with Crippen LogP contribution in [0.4, 0.5) is 0 Å². The average Bonchev–Trinajstić information content (AvgIpc) is 2.96. The zero-order chi connectivity index (χ0) is 14.8. The van der Waals surface area contributed by atoms with Gasteiger partial charge in [0.1, 0.15) is 0 Å². The maximum atomic E-state index is 12.7. The van der Waals surface area contributed by atoms with E-state index in [0.29, 0.717) is 16.5 Å². The number of aromatic nitrogens is 2. The molecule has 1 aromatic heterocycles. The molecular formula is C16H18ClN3O. The van der Waals surface area contributed by atoms with Crippen molar-refractivity contribution in [3.8, 4) is 11.3 Å². The lowest BCUT2D eigenvalue weighted by Crippen LogP contribution is -2.39. The summed E-state index contributed by atoms with van der Waals surface area (Å²) in [7, 11) is 0. The van der Waals surface area contributed by atoms with Crippen molar-refractivity contribution in [2.45, 2.75) is 19.8 Å². The van der Waals surface area contributed by atoms with E-state index in [4.69, 9.17) is 11.6 Å². The summed E-state index contributed by atoms with van der Waals surface area (Å²) in [6.45, 7) is 3.84. The van der Waals surface area contributed by atoms with E-state index >= 15 is 0 Å². The highest BCUT2D eigenvalue weighted by Crippen LogP contribution is 2.25. The first-order valence-electron chi connectivity index (χ1n) is 7.23. The minimum absolute atomic E-state index is 0.0558. The van der Waals surface area contributed by atoms with E-state index in [1.807, 2.05) is 29.2 Å². The summed E-state index contributed by atoms with van der Waals surface area (Å²) in [5.74, 6) is 0.619. The molecule has 5 heteroatoms. The topological polar surface area (TPSA) is 49.0 Å². The Morgan fingerprint density at radius 3 is 2.86 bits per heavy atom. The monoisotopic (exact) mass is 303 g/mol. The van der Waals surface area contributed by atoms with Crippen molar-refractivity contribution < 1.29 is 4.79 Å². The molecule has 0 aliphatic carbocycles.